The fourth-order valence-electron chi connectivity index (χ4n) is 4.60. The highest BCUT2D eigenvalue weighted by Gasteiger charge is 2.21. The molecular formula is C31H38N4O4. The maximum atomic E-state index is 13.5. The molecule has 3 aromatic carbocycles. The molecule has 0 bridgehead atoms. The van der Waals surface area contributed by atoms with Crippen LogP contribution in [-0.2, 0) is 29.3 Å². The number of anilines is 1. The molecule has 0 unspecified atom stereocenters. The fraction of sp³-hybridized carbons (Fsp3) is 0.355. The zero-order valence-corrected chi connectivity index (χ0v) is 23.1. The number of likely N-dealkylation sites (N-methyl/N-ethyl adjacent to an activating group) is 1. The molecule has 8 nitrogen and oxygen atoms in total. The number of piperazine rings is 1. The lowest BCUT2D eigenvalue weighted by Gasteiger charge is -2.33. The lowest BCUT2D eigenvalue weighted by atomic mass is 10.1. The number of rotatable bonds is 11. The molecule has 0 aliphatic carbocycles. The summed E-state index contributed by atoms with van der Waals surface area (Å²) in [7, 11) is 3.76. The first-order chi connectivity index (χ1) is 18.9. The van der Waals surface area contributed by atoms with E-state index in [0.717, 1.165) is 48.6 Å². The smallest absolute Gasteiger partial charge is 0.237 e. The van der Waals surface area contributed by atoms with Crippen LogP contribution >= 0.6 is 0 Å². The van der Waals surface area contributed by atoms with Gasteiger partial charge in [-0.15, -0.1) is 0 Å². The zero-order valence-electron chi connectivity index (χ0n) is 23.1. The van der Waals surface area contributed by atoms with Gasteiger partial charge in [-0.05, 0) is 54.6 Å². The molecule has 1 aliphatic rings. The van der Waals surface area contributed by atoms with Crippen LogP contribution in [0.3, 0.4) is 0 Å². The Kier molecular flexibility index (Phi) is 9.94. The van der Waals surface area contributed by atoms with Gasteiger partial charge in [0.25, 0.3) is 0 Å². The van der Waals surface area contributed by atoms with E-state index in [4.69, 9.17) is 9.47 Å². The zero-order chi connectivity index (χ0) is 27.6. The van der Waals surface area contributed by atoms with Crippen LogP contribution in [-0.4, -0.2) is 73.4 Å². The van der Waals surface area contributed by atoms with Crippen molar-refractivity contribution in [3.63, 3.8) is 0 Å². The number of carbonyl (C=O) groups is 2. The van der Waals surface area contributed by atoms with E-state index in [9.17, 15) is 9.59 Å². The van der Waals surface area contributed by atoms with Crippen LogP contribution in [0.15, 0.2) is 72.8 Å². The van der Waals surface area contributed by atoms with E-state index >= 15 is 0 Å². The standard InChI is InChI=1S/C31H38N4O4/c1-24(36)32-28-10-12-29(13-11-28)39-23-27-19-26(9-14-30(27)38-3)21-35(20-25-7-5-4-6-8-25)31(37)22-34-17-15-33(2)16-18-34/h4-14,19H,15-18,20-23H2,1-3H3,(H,32,36). The Morgan fingerprint density at radius 1 is 0.897 bits per heavy atom. The summed E-state index contributed by atoms with van der Waals surface area (Å²) in [5.41, 5.74) is 3.73. The number of nitrogens with zero attached hydrogens (tertiary/aromatic N) is 3. The minimum atomic E-state index is -0.117. The van der Waals surface area contributed by atoms with Crippen LogP contribution < -0.4 is 14.8 Å². The molecular weight excluding hydrogens is 492 g/mol. The van der Waals surface area contributed by atoms with Gasteiger partial charge in [0.05, 0.1) is 13.7 Å². The van der Waals surface area contributed by atoms with Crippen molar-refractivity contribution in [2.75, 3.05) is 52.2 Å². The van der Waals surface area contributed by atoms with Crippen LogP contribution in [0.5, 0.6) is 11.5 Å². The Bertz CT molecular complexity index is 1230. The molecule has 206 valence electrons. The van der Waals surface area contributed by atoms with Crippen molar-refractivity contribution >= 4 is 17.5 Å². The van der Waals surface area contributed by atoms with Crippen molar-refractivity contribution in [1.29, 1.82) is 0 Å². The van der Waals surface area contributed by atoms with Gasteiger partial charge >= 0.3 is 0 Å². The molecule has 0 aromatic heterocycles. The predicted molar refractivity (Wildman–Crippen MR) is 153 cm³/mol. The van der Waals surface area contributed by atoms with Gasteiger partial charge < -0.3 is 24.6 Å². The third kappa shape index (κ3) is 8.56. The summed E-state index contributed by atoms with van der Waals surface area (Å²) in [4.78, 5) is 31.2. The highest BCUT2D eigenvalue weighted by Crippen LogP contribution is 2.24. The Labute approximate surface area is 231 Å². The highest BCUT2D eigenvalue weighted by atomic mass is 16.5. The Hall–Kier alpha value is -3.88. The molecule has 0 atom stereocenters. The minimum absolute atomic E-state index is 0.117. The van der Waals surface area contributed by atoms with Gasteiger partial charge in [0, 0.05) is 57.4 Å². The second-order valence-electron chi connectivity index (χ2n) is 9.96. The van der Waals surface area contributed by atoms with Crippen LogP contribution in [0.4, 0.5) is 5.69 Å². The third-order valence-corrected chi connectivity index (χ3v) is 6.81. The summed E-state index contributed by atoms with van der Waals surface area (Å²) in [5.74, 6) is 1.42. The van der Waals surface area contributed by atoms with Gasteiger partial charge in [-0.1, -0.05) is 36.4 Å². The van der Waals surface area contributed by atoms with E-state index in [1.807, 2.05) is 53.4 Å². The number of amides is 2. The Morgan fingerprint density at radius 3 is 2.26 bits per heavy atom. The average Bonchev–Trinajstić information content (AvgIpc) is 2.94. The SMILES string of the molecule is COc1ccc(CN(Cc2ccccc2)C(=O)CN2CCN(C)CC2)cc1COc1ccc(NC(C)=O)cc1. The normalized spacial score (nSPS) is 14.0. The lowest BCUT2D eigenvalue weighted by Crippen LogP contribution is -2.48. The minimum Gasteiger partial charge on any atom is -0.496 e. The second kappa shape index (κ2) is 13.8. The summed E-state index contributed by atoms with van der Waals surface area (Å²) in [5, 5.41) is 2.75. The van der Waals surface area contributed by atoms with Crippen LogP contribution in [0, 0.1) is 0 Å². The molecule has 4 rings (SSSR count). The molecule has 0 spiro atoms. The number of methoxy groups -OCH3 is 1. The first-order valence-electron chi connectivity index (χ1n) is 13.3. The van der Waals surface area contributed by atoms with Crippen molar-refractivity contribution in [1.82, 2.24) is 14.7 Å². The average molecular weight is 531 g/mol. The van der Waals surface area contributed by atoms with Crippen molar-refractivity contribution < 1.29 is 19.1 Å². The largest absolute Gasteiger partial charge is 0.496 e. The van der Waals surface area contributed by atoms with Gasteiger partial charge in [0.15, 0.2) is 0 Å². The highest BCUT2D eigenvalue weighted by molar-refractivity contribution is 5.88. The van der Waals surface area contributed by atoms with E-state index in [-0.39, 0.29) is 11.8 Å². The van der Waals surface area contributed by atoms with Crippen molar-refractivity contribution in [2.45, 2.75) is 26.6 Å². The van der Waals surface area contributed by atoms with Crippen molar-refractivity contribution in [3.05, 3.63) is 89.5 Å². The first kappa shape index (κ1) is 28.1. The summed E-state index contributed by atoms with van der Waals surface area (Å²) >= 11 is 0. The quantitative estimate of drug-likeness (QED) is 0.404. The van der Waals surface area contributed by atoms with Gasteiger partial charge in [0.1, 0.15) is 18.1 Å². The lowest BCUT2D eigenvalue weighted by molar-refractivity contribution is -0.134. The number of hydrogen-bond acceptors (Lipinski definition) is 6. The molecule has 1 N–H and O–H groups in total. The predicted octanol–water partition coefficient (Wildman–Crippen LogP) is 4.01. The van der Waals surface area contributed by atoms with Crippen molar-refractivity contribution in [3.8, 4) is 11.5 Å². The summed E-state index contributed by atoms with van der Waals surface area (Å²) in [6.45, 7) is 6.99. The van der Waals surface area contributed by atoms with Crippen molar-refractivity contribution in [2.24, 2.45) is 0 Å². The molecule has 0 saturated carbocycles. The van der Waals surface area contributed by atoms with Crippen LogP contribution in [0.25, 0.3) is 0 Å². The number of nitrogens with one attached hydrogen (secondary N) is 1. The van der Waals surface area contributed by atoms with Gasteiger partial charge in [-0.2, -0.15) is 0 Å². The fourth-order valence-corrected chi connectivity index (χ4v) is 4.60. The first-order valence-corrected chi connectivity index (χ1v) is 13.3. The summed E-state index contributed by atoms with van der Waals surface area (Å²) in [6.07, 6.45) is 0. The molecule has 0 radical (unpaired) electrons. The molecule has 3 aromatic rings. The molecule has 39 heavy (non-hydrogen) atoms. The number of carbonyl (C=O) groups excluding carboxylic acids is 2. The second-order valence-corrected chi connectivity index (χ2v) is 9.96. The molecule has 2 amide bonds. The third-order valence-electron chi connectivity index (χ3n) is 6.81. The maximum Gasteiger partial charge on any atom is 0.237 e. The van der Waals surface area contributed by atoms with E-state index in [0.29, 0.717) is 37.7 Å². The number of hydrogen-bond donors (Lipinski definition) is 1. The van der Waals surface area contributed by atoms with E-state index < -0.39 is 0 Å². The summed E-state index contributed by atoms with van der Waals surface area (Å²) in [6, 6.07) is 23.3. The topological polar surface area (TPSA) is 74.3 Å². The molecule has 1 fully saturated rings. The molecule has 1 heterocycles. The monoisotopic (exact) mass is 530 g/mol. The van der Waals surface area contributed by atoms with Gasteiger partial charge in [-0.25, -0.2) is 0 Å². The van der Waals surface area contributed by atoms with Gasteiger partial charge in [0.2, 0.25) is 11.8 Å². The number of ether oxygens (including phenoxy) is 2. The Balaban J connectivity index is 1.46. The van der Waals surface area contributed by atoms with E-state index in [1.54, 1.807) is 19.2 Å². The van der Waals surface area contributed by atoms with Crippen LogP contribution in [0.1, 0.15) is 23.6 Å². The van der Waals surface area contributed by atoms with Gasteiger partial charge in [-0.3, -0.25) is 14.5 Å². The molecule has 8 heteroatoms. The van der Waals surface area contributed by atoms with E-state index in [2.05, 4.69) is 34.3 Å². The molecule has 1 saturated heterocycles. The molecule has 1 aliphatic heterocycles. The summed E-state index contributed by atoms with van der Waals surface area (Å²) < 4.78 is 11.6. The van der Waals surface area contributed by atoms with Crippen LogP contribution in [0.2, 0.25) is 0 Å². The maximum absolute atomic E-state index is 13.5. The Morgan fingerprint density at radius 2 is 1.59 bits per heavy atom. The van der Waals surface area contributed by atoms with E-state index in [1.165, 1.54) is 6.92 Å². The number of benzene rings is 3.